The molecule has 246 valence electrons. The standard InChI is InChI=1S/C36H38ClN3O6S/c1-40(36(42)43)34(33(26-11-4-2-5-12-26)27-13-6-3-7-14-27)35(41)39-32-15-9-8-10-25(32)16-19-29-22-38-23-30(46-29)24-47(44,45)31-20-17-28(37)18-21-31/h2-15,17-18,20-21,29-30,33-34,38H,16,19,22-24H2,1H3,(H,39,41)(H,42,43)/t29-,30+,34+/m1/s1. The second-order valence-electron chi connectivity index (χ2n) is 11.6. The summed E-state index contributed by atoms with van der Waals surface area (Å²) in [4.78, 5) is 27.7. The van der Waals surface area contributed by atoms with Gasteiger partial charge in [0.25, 0.3) is 0 Å². The third kappa shape index (κ3) is 8.78. The second kappa shape index (κ2) is 15.6. The fourth-order valence-corrected chi connectivity index (χ4v) is 7.51. The average Bonchev–Trinajstić information content (AvgIpc) is 3.07. The van der Waals surface area contributed by atoms with Crippen molar-refractivity contribution in [2.24, 2.45) is 0 Å². The van der Waals surface area contributed by atoms with Crippen LogP contribution in [0.2, 0.25) is 5.02 Å². The number of nitrogens with one attached hydrogen (secondary N) is 2. The smallest absolute Gasteiger partial charge is 0.407 e. The van der Waals surface area contributed by atoms with Crippen molar-refractivity contribution in [1.82, 2.24) is 10.2 Å². The van der Waals surface area contributed by atoms with E-state index in [2.05, 4.69) is 10.6 Å². The first-order valence-corrected chi connectivity index (χ1v) is 17.4. The van der Waals surface area contributed by atoms with Crippen LogP contribution in [0.1, 0.15) is 29.0 Å². The van der Waals surface area contributed by atoms with Gasteiger partial charge in [0.05, 0.1) is 22.9 Å². The zero-order valence-electron chi connectivity index (χ0n) is 26.0. The van der Waals surface area contributed by atoms with Gasteiger partial charge in [-0.05, 0) is 59.9 Å². The number of sulfone groups is 1. The Hall–Kier alpha value is -4.22. The van der Waals surface area contributed by atoms with E-state index in [0.29, 0.717) is 36.6 Å². The molecule has 0 saturated carbocycles. The highest BCUT2D eigenvalue weighted by Crippen LogP contribution is 2.32. The van der Waals surface area contributed by atoms with E-state index in [-0.39, 0.29) is 16.8 Å². The summed E-state index contributed by atoms with van der Waals surface area (Å²) in [5.41, 5.74) is 3.06. The summed E-state index contributed by atoms with van der Waals surface area (Å²) < 4.78 is 32.2. The SMILES string of the molecule is CN(C(=O)O)[C@H](C(=O)Nc1ccccc1CC[C@@H]1CNC[C@@H](CS(=O)(=O)c2ccc(Cl)cc2)O1)C(c1ccccc1)c1ccccc1. The largest absolute Gasteiger partial charge is 0.465 e. The summed E-state index contributed by atoms with van der Waals surface area (Å²) in [7, 11) is -2.16. The van der Waals surface area contributed by atoms with Crippen LogP contribution in [-0.2, 0) is 25.8 Å². The highest BCUT2D eigenvalue weighted by atomic mass is 35.5. The van der Waals surface area contributed by atoms with E-state index in [1.807, 2.05) is 78.9 Å². The van der Waals surface area contributed by atoms with Crippen molar-refractivity contribution >= 4 is 39.1 Å². The molecule has 0 spiro atoms. The van der Waals surface area contributed by atoms with Crippen molar-refractivity contribution in [2.45, 2.75) is 41.9 Å². The van der Waals surface area contributed by atoms with Gasteiger partial charge in [-0.3, -0.25) is 9.69 Å². The van der Waals surface area contributed by atoms with Gasteiger partial charge in [0.15, 0.2) is 9.84 Å². The topological polar surface area (TPSA) is 125 Å². The van der Waals surface area contributed by atoms with Crippen LogP contribution in [-0.4, -0.2) is 74.6 Å². The van der Waals surface area contributed by atoms with Gasteiger partial charge in [-0.2, -0.15) is 0 Å². The number of para-hydroxylation sites is 1. The molecule has 3 atom stereocenters. The van der Waals surface area contributed by atoms with E-state index < -0.39 is 39.9 Å². The number of hydrogen-bond donors (Lipinski definition) is 3. The van der Waals surface area contributed by atoms with Gasteiger partial charge >= 0.3 is 6.09 Å². The second-order valence-corrected chi connectivity index (χ2v) is 14.1. The zero-order valence-corrected chi connectivity index (χ0v) is 27.5. The maximum atomic E-state index is 14.1. The van der Waals surface area contributed by atoms with Crippen molar-refractivity contribution in [3.63, 3.8) is 0 Å². The molecule has 5 rings (SSSR count). The number of rotatable bonds is 12. The van der Waals surface area contributed by atoms with Crippen molar-refractivity contribution < 1.29 is 27.9 Å². The number of carbonyl (C=O) groups is 2. The first-order chi connectivity index (χ1) is 22.6. The number of nitrogens with zero attached hydrogens (tertiary/aromatic N) is 1. The van der Waals surface area contributed by atoms with Gasteiger partial charge < -0.3 is 20.5 Å². The summed E-state index contributed by atoms with van der Waals surface area (Å²) in [5, 5.41) is 16.8. The number of morpholine rings is 1. The summed E-state index contributed by atoms with van der Waals surface area (Å²) in [6.45, 7) is 0.978. The molecule has 47 heavy (non-hydrogen) atoms. The quantitative estimate of drug-likeness (QED) is 0.172. The first kappa shape index (κ1) is 34.1. The van der Waals surface area contributed by atoms with Crippen molar-refractivity contribution in [3.05, 3.63) is 131 Å². The Morgan fingerprint density at radius 2 is 1.47 bits per heavy atom. The molecule has 4 aromatic rings. The van der Waals surface area contributed by atoms with E-state index in [4.69, 9.17) is 16.3 Å². The number of halogens is 1. The minimum absolute atomic E-state index is 0.159. The lowest BCUT2D eigenvalue weighted by molar-refractivity contribution is -0.120. The highest BCUT2D eigenvalue weighted by Gasteiger charge is 2.37. The fraction of sp³-hybridized carbons (Fsp3) is 0.278. The number of benzene rings is 4. The molecule has 9 nitrogen and oxygen atoms in total. The minimum Gasteiger partial charge on any atom is -0.465 e. The Morgan fingerprint density at radius 1 is 0.894 bits per heavy atom. The molecular weight excluding hydrogens is 638 g/mol. The molecule has 0 aromatic heterocycles. The Morgan fingerprint density at radius 3 is 2.09 bits per heavy atom. The molecule has 0 bridgehead atoms. The Kier molecular flexibility index (Phi) is 11.3. The molecule has 0 aliphatic carbocycles. The Labute approximate surface area is 280 Å². The number of ether oxygens (including phenoxy) is 1. The molecule has 1 fully saturated rings. The summed E-state index contributed by atoms with van der Waals surface area (Å²) in [6.07, 6.45) is -0.870. The molecule has 0 unspecified atom stereocenters. The maximum absolute atomic E-state index is 14.1. The van der Waals surface area contributed by atoms with Gasteiger partial charge in [0.2, 0.25) is 5.91 Å². The van der Waals surface area contributed by atoms with Crippen LogP contribution < -0.4 is 10.6 Å². The van der Waals surface area contributed by atoms with Crippen LogP contribution in [0.3, 0.4) is 0 Å². The number of hydrogen-bond acceptors (Lipinski definition) is 6. The zero-order chi connectivity index (χ0) is 33.4. The van der Waals surface area contributed by atoms with Gasteiger partial charge in [-0.15, -0.1) is 0 Å². The first-order valence-electron chi connectivity index (χ1n) is 15.4. The lowest BCUT2D eigenvalue weighted by atomic mass is 9.84. The van der Waals surface area contributed by atoms with Crippen LogP contribution in [0.4, 0.5) is 10.5 Å². The van der Waals surface area contributed by atoms with E-state index in [9.17, 15) is 23.1 Å². The molecule has 1 aliphatic heterocycles. The Balaban J connectivity index is 1.30. The third-order valence-electron chi connectivity index (χ3n) is 8.34. The maximum Gasteiger partial charge on any atom is 0.407 e. The van der Waals surface area contributed by atoms with Crippen LogP contribution >= 0.6 is 11.6 Å². The molecule has 1 saturated heterocycles. The van der Waals surface area contributed by atoms with E-state index in [1.165, 1.54) is 19.2 Å². The number of anilines is 1. The monoisotopic (exact) mass is 675 g/mol. The third-order valence-corrected chi connectivity index (χ3v) is 10.4. The van der Waals surface area contributed by atoms with Crippen molar-refractivity contribution in [3.8, 4) is 0 Å². The molecule has 1 heterocycles. The normalized spacial score (nSPS) is 17.2. The van der Waals surface area contributed by atoms with Crippen LogP contribution in [0.25, 0.3) is 0 Å². The molecule has 11 heteroatoms. The average molecular weight is 676 g/mol. The van der Waals surface area contributed by atoms with E-state index in [0.717, 1.165) is 21.6 Å². The summed E-state index contributed by atoms with van der Waals surface area (Å²) >= 11 is 5.92. The fourth-order valence-electron chi connectivity index (χ4n) is 5.96. The molecular formula is C36H38ClN3O6S. The lowest BCUT2D eigenvalue weighted by Gasteiger charge is -2.33. The number of carbonyl (C=O) groups excluding carboxylic acids is 1. The molecule has 4 aromatic carbocycles. The Bertz CT molecular complexity index is 1720. The number of likely N-dealkylation sites (N-methyl/N-ethyl adjacent to an activating group) is 1. The van der Waals surface area contributed by atoms with Gasteiger partial charge in [0.1, 0.15) is 6.04 Å². The summed E-state index contributed by atoms with van der Waals surface area (Å²) in [6, 6.07) is 31.3. The van der Waals surface area contributed by atoms with Gasteiger partial charge in [0, 0.05) is 36.8 Å². The number of carboxylic acid groups (broad SMARTS) is 1. The van der Waals surface area contributed by atoms with Crippen molar-refractivity contribution in [2.75, 3.05) is 31.2 Å². The van der Waals surface area contributed by atoms with Crippen LogP contribution in [0.5, 0.6) is 0 Å². The minimum atomic E-state index is -3.57. The van der Waals surface area contributed by atoms with E-state index in [1.54, 1.807) is 18.2 Å². The van der Waals surface area contributed by atoms with Gasteiger partial charge in [-0.1, -0.05) is 90.5 Å². The van der Waals surface area contributed by atoms with Gasteiger partial charge in [-0.25, -0.2) is 13.2 Å². The predicted molar refractivity (Wildman–Crippen MR) is 183 cm³/mol. The van der Waals surface area contributed by atoms with Crippen LogP contribution in [0.15, 0.2) is 114 Å². The molecule has 3 N–H and O–H groups in total. The summed E-state index contributed by atoms with van der Waals surface area (Å²) in [5.74, 6) is -1.18. The van der Waals surface area contributed by atoms with Crippen LogP contribution in [0, 0.1) is 0 Å². The van der Waals surface area contributed by atoms with E-state index >= 15 is 0 Å². The lowest BCUT2D eigenvalue weighted by Crippen LogP contribution is -2.48. The number of aryl methyl sites for hydroxylation is 1. The molecule has 0 radical (unpaired) electrons. The number of amides is 2. The molecule has 1 aliphatic rings. The van der Waals surface area contributed by atoms with Crippen molar-refractivity contribution in [1.29, 1.82) is 0 Å². The predicted octanol–water partition coefficient (Wildman–Crippen LogP) is 5.85. The highest BCUT2D eigenvalue weighted by molar-refractivity contribution is 7.91. The molecule has 2 amide bonds.